The SMILES string of the molecule is CCOCCc1noc(C(CN)C(C)C)n1. The van der Waals surface area contributed by atoms with Gasteiger partial charge in [0, 0.05) is 19.6 Å². The van der Waals surface area contributed by atoms with E-state index in [4.69, 9.17) is 15.0 Å². The smallest absolute Gasteiger partial charge is 0.231 e. The summed E-state index contributed by atoms with van der Waals surface area (Å²) in [6.45, 7) is 8.03. The molecule has 5 heteroatoms. The summed E-state index contributed by atoms with van der Waals surface area (Å²) < 4.78 is 10.4. The van der Waals surface area contributed by atoms with Crippen LogP contribution in [-0.2, 0) is 11.2 Å². The van der Waals surface area contributed by atoms with Gasteiger partial charge in [0.25, 0.3) is 0 Å². The predicted octanol–water partition coefficient (Wildman–Crippen LogP) is 1.35. The molecule has 1 aromatic rings. The largest absolute Gasteiger partial charge is 0.381 e. The van der Waals surface area contributed by atoms with Crippen molar-refractivity contribution in [1.82, 2.24) is 10.1 Å². The van der Waals surface area contributed by atoms with Gasteiger partial charge in [0.1, 0.15) is 0 Å². The molecule has 1 atom stereocenters. The van der Waals surface area contributed by atoms with E-state index in [2.05, 4.69) is 24.0 Å². The fourth-order valence-corrected chi connectivity index (χ4v) is 1.49. The molecule has 2 N–H and O–H groups in total. The maximum atomic E-state index is 5.68. The lowest BCUT2D eigenvalue weighted by molar-refractivity contribution is 0.149. The Morgan fingerprint density at radius 3 is 2.75 bits per heavy atom. The van der Waals surface area contributed by atoms with E-state index < -0.39 is 0 Å². The summed E-state index contributed by atoms with van der Waals surface area (Å²) in [7, 11) is 0. The van der Waals surface area contributed by atoms with E-state index in [1.165, 1.54) is 0 Å². The van der Waals surface area contributed by atoms with E-state index >= 15 is 0 Å². The molecule has 1 rings (SSSR count). The van der Waals surface area contributed by atoms with Gasteiger partial charge >= 0.3 is 0 Å². The number of ether oxygens (including phenoxy) is 1. The van der Waals surface area contributed by atoms with Crippen LogP contribution in [0.3, 0.4) is 0 Å². The maximum absolute atomic E-state index is 5.68. The zero-order chi connectivity index (χ0) is 12.0. The van der Waals surface area contributed by atoms with Crippen molar-refractivity contribution in [1.29, 1.82) is 0 Å². The van der Waals surface area contributed by atoms with Crippen molar-refractivity contribution >= 4 is 0 Å². The molecule has 0 spiro atoms. The fourth-order valence-electron chi connectivity index (χ4n) is 1.49. The summed E-state index contributed by atoms with van der Waals surface area (Å²) >= 11 is 0. The molecule has 0 radical (unpaired) electrons. The van der Waals surface area contributed by atoms with E-state index in [1.54, 1.807) is 0 Å². The Bertz CT molecular complexity index is 299. The highest BCUT2D eigenvalue weighted by Gasteiger charge is 2.20. The first-order valence-electron chi connectivity index (χ1n) is 5.79. The van der Waals surface area contributed by atoms with Crippen molar-refractivity contribution in [2.45, 2.75) is 33.1 Å². The standard InChI is InChI=1S/C11H21N3O2/c1-4-15-6-5-10-13-11(16-14-10)9(7-12)8(2)3/h8-9H,4-7,12H2,1-3H3. The third-order valence-electron chi connectivity index (χ3n) is 2.53. The molecule has 1 heterocycles. The summed E-state index contributed by atoms with van der Waals surface area (Å²) in [4.78, 5) is 4.34. The highest BCUT2D eigenvalue weighted by molar-refractivity contribution is 4.96. The van der Waals surface area contributed by atoms with Gasteiger partial charge in [-0.05, 0) is 12.8 Å². The van der Waals surface area contributed by atoms with Crippen molar-refractivity contribution in [3.8, 4) is 0 Å². The molecule has 0 aliphatic carbocycles. The number of rotatable bonds is 7. The molecule has 0 amide bonds. The van der Waals surface area contributed by atoms with Crippen LogP contribution in [-0.4, -0.2) is 29.9 Å². The molecule has 0 bridgehead atoms. The topological polar surface area (TPSA) is 74.2 Å². The fraction of sp³-hybridized carbons (Fsp3) is 0.818. The Hall–Kier alpha value is -0.940. The number of hydrogen-bond acceptors (Lipinski definition) is 5. The van der Waals surface area contributed by atoms with Gasteiger partial charge in [-0.15, -0.1) is 0 Å². The van der Waals surface area contributed by atoms with Gasteiger partial charge in [-0.3, -0.25) is 0 Å². The van der Waals surface area contributed by atoms with Crippen molar-refractivity contribution in [2.75, 3.05) is 19.8 Å². The van der Waals surface area contributed by atoms with Gasteiger partial charge in [0.2, 0.25) is 5.89 Å². The Morgan fingerprint density at radius 1 is 1.44 bits per heavy atom. The first kappa shape index (κ1) is 13.1. The summed E-state index contributed by atoms with van der Waals surface area (Å²) in [5, 5.41) is 3.92. The normalized spacial score (nSPS) is 13.3. The third kappa shape index (κ3) is 3.57. The number of nitrogens with two attached hydrogens (primary N) is 1. The lowest BCUT2D eigenvalue weighted by atomic mass is 9.96. The van der Waals surface area contributed by atoms with Gasteiger partial charge in [0.15, 0.2) is 5.82 Å². The van der Waals surface area contributed by atoms with Gasteiger partial charge in [-0.1, -0.05) is 19.0 Å². The molecule has 0 aliphatic rings. The second kappa shape index (κ2) is 6.60. The predicted molar refractivity (Wildman–Crippen MR) is 61.1 cm³/mol. The zero-order valence-corrected chi connectivity index (χ0v) is 10.3. The van der Waals surface area contributed by atoms with Gasteiger partial charge in [0.05, 0.1) is 12.5 Å². The van der Waals surface area contributed by atoms with Crippen LogP contribution in [0.4, 0.5) is 0 Å². The summed E-state index contributed by atoms with van der Waals surface area (Å²) in [6.07, 6.45) is 0.687. The van der Waals surface area contributed by atoms with Crippen molar-refractivity contribution in [2.24, 2.45) is 11.7 Å². The average Bonchev–Trinajstić information content (AvgIpc) is 2.67. The van der Waals surface area contributed by atoms with Crippen LogP contribution < -0.4 is 5.73 Å². The Labute approximate surface area is 96.4 Å². The Kier molecular flexibility index (Phi) is 5.42. The molecule has 0 aliphatic heterocycles. The molecule has 92 valence electrons. The highest BCUT2D eigenvalue weighted by Crippen LogP contribution is 2.21. The lowest BCUT2D eigenvalue weighted by Crippen LogP contribution is -2.18. The van der Waals surface area contributed by atoms with E-state index in [1.807, 2.05) is 6.92 Å². The minimum absolute atomic E-state index is 0.147. The molecule has 0 fully saturated rings. The van der Waals surface area contributed by atoms with Gasteiger partial charge in [-0.2, -0.15) is 4.98 Å². The van der Waals surface area contributed by atoms with Crippen molar-refractivity contribution in [3.05, 3.63) is 11.7 Å². The average molecular weight is 227 g/mol. The lowest BCUT2D eigenvalue weighted by Gasteiger charge is -2.13. The van der Waals surface area contributed by atoms with Crippen LogP contribution in [0.2, 0.25) is 0 Å². The summed E-state index contributed by atoms with van der Waals surface area (Å²) in [6, 6.07) is 0. The van der Waals surface area contributed by atoms with Crippen LogP contribution >= 0.6 is 0 Å². The summed E-state index contributed by atoms with van der Waals surface area (Å²) in [5.41, 5.74) is 5.68. The highest BCUT2D eigenvalue weighted by atomic mass is 16.5. The monoisotopic (exact) mass is 227 g/mol. The van der Waals surface area contributed by atoms with Crippen molar-refractivity contribution < 1.29 is 9.26 Å². The molecule has 5 nitrogen and oxygen atoms in total. The molecule has 0 saturated heterocycles. The van der Waals surface area contributed by atoms with Crippen LogP contribution in [0.1, 0.15) is 38.4 Å². The molecule has 16 heavy (non-hydrogen) atoms. The summed E-state index contributed by atoms with van der Waals surface area (Å²) in [5.74, 6) is 1.89. The minimum Gasteiger partial charge on any atom is -0.381 e. The number of aromatic nitrogens is 2. The molecule has 1 aromatic heterocycles. The van der Waals surface area contributed by atoms with E-state index in [-0.39, 0.29) is 5.92 Å². The third-order valence-corrected chi connectivity index (χ3v) is 2.53. The van der Waals surface area contributed by atoms with Crippen LogP contribution in [0.15, 0.2) is 4.52 Å². The van der Waals surface area contributed by atoms with Crippen LogP contribution in [0.5, 0.6) is 0 Å². The Morgan fingerprint density at radius 2 is 2.19 bits per heavy atom. The quantitative estimate of drug-likeness (QED) is 0.712. The Balaban J connectivity index is 2.55. The van der Waals surface area contributed by atoms with E-state index in [0.29, 0.717) is 43.8 Å². The zero-order valence-electron chi connectivity index (χ0n) is 10.3. The van der Waals surface area contributed by atoms with Gasteiger partial charge in [-0.25, -0.2) is 0 Å². The first-order chi connectivity index (χ1) is 7.69. The molecular formula is C11H21N3O2. The minimum atomic E-state index is 0.147. The van der Waals surface area contributed by atoms with Crippen molar-refractivity contribution in [3.63, 3.8) is 0 Å². The number of hydrogen-bond donors (Lipinski definition) is 1. The van der Waals surface area contributed by atoms with E-state index in [9.17, 15) is 0 Å². The van der Waals surface area contributed by atoms with Gasteiger partial charge < -0.3 is 15.0 Å². The second-order valence-electron chi connectivity index (χ2n) is 4.08. The van der Waals surface area contributed by atoms with E-state index in [0.717, 1.165) is 0 Å². The maximum Gasteiger partial charge on any atom is 0.231 e. The molecular weight excluding hydrogens is 206 g/mol. The second-order valence-corrected chi connectivity index (χ2v) is 4.08. The molecule has 1 unspecified atom stereocenters. The van der Waals surface area contributed by atoms with Crippen LogP contribution in [0.25, 0.3) is 0 Å². The van der Waals surface area contributed by atoms with Crippen LogP contribution in [0, 0.1) is 5.92 Å². The molecule has 0 aromatic carbocycles. The number of nitrogens with zero attached hydrogens (tertiary/aromatic N) is 2. The first-order valence-corrected chi connectivity index (χ1v) is 5.79. The molecule has 0 saturated carbocycles.